The molecule has 5 nitrogen and oxygen atoms in total. The molecule has 2 N–H and O–H groups in total. The van der Waals surface area contributed by atoms with Crippen LogP contribution < -0.4 is 5.73 Å². The molecule has 0 aromatic heterocycles. The average molecular weight is 334 g/mol. The van der Waals surface area contributed by atoms with E-state index < -0.39 is 27.8 Å². The summed E-state index contributed by atoms with van der Waals surface area (Å²) in [5.41, 5.74) is 6.68. The average Bonchev–Trinajstić information content (AvgIpc) is 3.24. The lowest BCUT2D eigenvalue weighted by Crippen LogP contribution is -2.40. The molecule has 0 spiro atoms. The van der Waals surface area contributed by atoms with E-state index in [-0.39, 0.29) is 23.4 Å². The molecule has 7 heteroatoms. The van der Waals surface area contributed by atoms with Crippen molar-refractivity contribution in [3.8, 4) is 0 Å². The molecule has 1 aromatic rings. The number of carbonyl (C=O) groups is 1. The van der Waals surface area contributed by atoms with Crippen LogP contribution in [0, 0.1) is 0 Å². The minimum atomic E-state index is -3.21. The van der Waals surface area contributed by atoms with Crippen LogP contribution in [0.25, 0.3) is 0 Å². The van der Waals surface area contributed by atoms with Gasteiger partial charge in [0.15, 0.2) is 9.84 Å². The minimum Gasteiger partial charge on any atom is -0.469 e. The second-order valence-corrected chi connectivity index (χ2v) is 7.43. The summed E-state index contributed by atoms with van der Waals surface area (Å²) in [7, 11) is -1.94. The summed E-state index contributed by atoms with van der Waals surface area (Å²) in [6.07, 6.45) is 1.40. The molecule has 0 heterocycles. The Hall–Kier alpha value is -1.11. The van der Waals surface area contributed by atoms with E-state index in [0.717, 1.165) is 0 Å². The zero-order chi connectivity index (χ0) is 14.8. The fraction of sp³-hybridized carbons (Fsp3) is 0.500. The monoisotopic (exact) mass is 333 g/mol. The summed E-state index contributed by atoms with van der Waals surface area (Å²) in [5.74, 6) is -1.45. The third-order valence-electron chi connectivity index (χ3n) is 3.50. The molecule has 1 fully saturated rings. The van der Waals surface area contributed by atoms with Gasteiger partial charge in [0.05, 0.1) is 24.0 Å². The van der Waals surface area contributed by atoms with E-state index in [1.165, 1.54) is 7.11 Å². The SMILES string of the molecule is COC(=O)C(c1ccccc1)C(N)CS(=O)(=O)C1CC1.Cl. The van der Waals surface area contributed by atoms with Crippen molar-refractivity contribution in [2.75, 3.05) is 12.9 Å². The van der Waals surface area contributed by atoms with E-state index in [2.05, 4.69) is 0 Å². The van der Waals surface area contributed by atoms with Crippen LogP contribution in [0.1, 0.15) is 24.3 Å². The molecule has 0 radical (unpaired) electrons. The smallest absolute Gasteiger partial charge is 0.314 e. The molecule has 2 rings (SSSR count). The first-order valence-corrected chi connectivity index (χ1v) is 8.27. The molecule has 1 saturated carbocycles. The summed E-state index contributed by atoms with van der Waals surface area (Å²) in [4.78, 5) is 11.9. The van der Waals surface area contributed by atoms with Crippen LogP contribution in [-0.2, 0) is 19.4 Å². The predicted octanol–water partition coefficient (Wildman–Crippen LogP) is 1.27. The lowest BCUT2D eigenvalue weighted by atomic mass is 9.93. The Morgan fingerprint density at radius 1 is 1.33 bits per heavy atom. The van der Waals surface area contributed by atoms with Crippen molar-refractivity contribution in [3.05, 3.63) is 35.9 Å². The number of nitrogens with two attached hydrogens (primary N) is 1. The summed E-state index contributed by atoms with van der Waals surface area (Å²) in [5, 5.41) is -0.275. The molecule has 0 amide bonds. The van der Waals surface area contributed by atoms with Gasteiger partial charge in [0, 0.05) is 6.04 Å². The van der Waals surface area contributed by atoms with Crippen molar-refractivity contribution in [2.24, 2.45) is 5.73 Å². The molecule has 0 bridgehead atoms. The number of halogens is 1. The van der Waals surface area contributed by atoms with Crippen molar-refractivity contribution in [2.45, 2.75) is 30.1 Å². The second-order valence-electron chi connectivity index (χ2n) is 5.10. The molecule has 2 unspecified atom stereocenters. The van der Waals surface area contributed by atoms with Crippen molar-refractivity contribution < 1.29 is 17.9 Å². The number of methoxy groups -OCH3 is 1. The minimum absolute atomic E-state index is 0. The zero-order valence-corrected chi connectivity index (χ0v) is 13.4. The fourth-order valence-corrected chi connectivity index (χ4v) is 4.13. The summed E-state index contributed by atoms with van der Waals surface area (Å²) < 4.78 is 28.8. The van der Waals surface area contributed by atoms with Gasteiger partial charge in [-0.25, -0.2) is 8.42 Å². The Morgan fingerprint density at radius 3 is 2.38 bits per heavy atom. The number of ether oxygens (including phenoxy) is 1. The van der Waals surface area contributed by atoms with Crippen molar-refractivity contribution >= 4 is 28.2 Å². The van der Waals surface area contributed by atoms with Gasteiger partial charge < -0.3 is 10.5 Å². The van der Waals surface area contributed by atoms with E-state index in [4.69, 9.17) is 10.5 Å². The van der Waals surface area contributed by atoms with Crippen molar-refractivity contribution in [1.29, 1.82) is 0 Å². The highest BCUT2D eigenvalue weighted by molar-refractivity contribution is 7.92. The van der Waals surface area contributed by atoms with Gasteiger partial charge in [0.1, 0.15) is 0 Å². The molecular formula is C14H20ClNO4S. The molecule has 21 heavy (non-hydrogen) atoms. The lowest BCUT2D eigenvalue weighted by Gasteiger charge is -2.22. The standard InChI is InChI=1S/C14H19NO4S.ClH/c1-19-14(16)13(10-5-3-2-4-6-10)12(15)9-20(17,18)11-7-8-11;/h2-6,11-13H,7-9,15H2,1H3;1H. The Balaban J connectivity index is 0.00000220. The molecule has 2 atom stereocenters. The fourth-order valence-electron chi connectivity index (χ4n) is 2.27. The molecule has 118 valence electrons. The van der Waals surface area contributed by atoms with Crippen LogP contribution in [0.15, 0.2) is 30.3 Å². The van der Waals surface area contributed by atoms with Crippen LogP contribution in [0.2, 0.25) is 0 Å². The van der Waals surface area contributed by atoms with Crippen LogP contribution in [0.3, 0.4) is 0 Å². The van der Waals surface area contributed by atoms with Gasteiger partial charge in [-0.2, -0.15) is 0 Å². The number of hydrogen-bond acceptors (Lipinski definition) is 5. The van der Waals surface area contributed by atoms with Gasteiger partial charge in [-0.3, -0.25) is 4.79 Å². The van der Waals surface area contributed by atoms with Crippen LogP contribution >= 0.6 is 12.4 Å². The number of rotatable bonds is 6. The van der Waals surface area contributed by atoms with Gasteiger partial charge in [-0.15, -0.1) is 12.4 Å². The van der Waals surface area contributed by atoms with Gasteiger partial charge in [-0.05, 0) is 18.4 Å². The lowest BCUT2D eigenvalue weighted by molar-refractivity contribution is -0.142. The number of benzene rings is 1. The predicted molar refractivity (Wildman–Crippen MR) is 83.2 cm³/mol. The Labute approximate surface area is 131 Å². The molecule has 1 aliphatic carbocycles. The maximum Gasteiger partial charge on any atom is 0.314 e. The number of sulfone groups is 1. The molecule has 1 aliphatic rings. The number of hydrogen-bond donors (Lipinski definition) is 1. The van der Waals surface area contributed by atoms with E-state index in [1.807, 2.05) is 6.07 Å². The molecule has 0 saturated heterocycles. The molecule has 0 aliphatic heterocycles. The van der Waals surface area contributed by atoms with Gasteiger partial charge in [0.25, 0.3) is 0 Å². The first-order chi connectivity index (χ1) is 9.45. The van der Waals surface area contributed by atoms with Crippen molar-refractivity contribution in [3.63, 3.8) is 0 Å². The highest BCUT2D eigenvalue weighted by Gasteiger charge is 2.39. The Morgan fingerprint density at radius 2 is 1.90 bits per heavy atom. The van der Waals surface area contributed by atoms with E-state index in [0.29, 0.717) is 18.4 Å². The maximum atomic E-state index is 12.0. The first-order valence-electron chi connectivity index (χ1n) is 6.55. The molecular weight excluding hydrogens is 314 g/mol. The highest BCUT2D eigenvalue weighted by atomic mass is 35.5. The maximum absolute atomic E-state index is 12.0. The summed E-state index contributed by atoms with van der Waals surface area (Å²) in [6.45, 7) is 0. The Bertz CT molecular complexity index is 572. The third kappa shape index (κ3) is 4.43. The summed E-state index contributed by atoms with van der Waals surface area (Å²) in [6, 6.07) is 8.11. The summed E-state index contributed by atoms with van der Waals surface area (Å²) >= 11 is 0. The second kappa shape index (κ2) is 7.24. The topological polar surface area (TPSA) is 86.5 Å². The van der Waals surface area contributed by atoms with E-state index in [9.17, 15) is 13.2 Å². The number of esters is 1. The first kappa shape index (κ1) is 17.9. The van der Waals surface area contributed by atoms with Gasteiger partial charge in [0.2, 0.25) is 0 Å². The number of carbonyl (C=O) groups excluding carboxylic acids is 1. The van der Waals surface area contributed by atoms with Crippen LogP contribution in [0.4, 0.5) is 0 Å². The van der Waals surface area contributed by atoms with E-state index >= 15 is 0 Å². The third-order valence-corrected chi connectivity index (χ3v) is 5.84. The molecule has 1 aromatic carbocycles. The van der Waals surface area contributed by atoms with Crippen molar-refractivity contribution in [1.82, 2.24) is 0 Å². The van der Waals surface area contributed by atoms with Crippen LogP contribution in [0.5, 0.6) is 0 Å². The zero-order valence-electron chi connectivity index (χ0n) is 11.8. The Kier molecular flexibility index (Phi) is 6.19. The van der Waals surface area contributed by atoms with Crippen LogP contribution in [-0.4, -0.2) is 38.5 Å². The largest absolute Gasteiger partial charge is 0.469 e. The van der Waals surface area contributed by atoms with Gasteiger partial charge >= 0.3 is 5.97 Å². The quantitative estimate of drug-likeness (QED) is 0.792. The van der Waals surface area contributed by atoms with Gasteiger partial charge in [-0.1, -0.05) is 30.3 Å². The normalized spacial score (nSPS) is 17.4. The van der Waals surface area contributed by atoms with E-state index in [1.54, 1.807) is 24.3 Å². The highest BCUT2D eigenvalue weighted by Crippen LogP contribution is 2.31.